The molecule has 0 fully saturated rings. The molecule has 5 nitrogen and oxygen atoms in total. The average molecular weight is 321 g/mol. The number of nitrogens with zero attached hydrogens (tertiary/aromatic N) is 1. The highest BCUT2D eigenvalue weighted by atomic mass is 32.2. The highest BCUT2D eigenvalue weighted by Crippen LogP contribution is 2.31. The van der Waals surface area contributed by atoms with E-state index >= 15 is 0 Å². The minimum atomic E-state index is -1.42. The summed E-state index contributed by atoms with van der Waals surface area (Å²) in [4.78, 5) is 23.8. The summed E-state index contributed by atoms with van der Waals surface area (Å²) < 4.78 is 8.59. The van der Waals surface area contributed by atoms with Gasteiger partial charge in [-0.1, -0.05) is 6.92 Å². The van der Waals surface area contributed by atoms with Crippen LogP contribution in [0.2, 0.25) is 0 Å². The predicted octanol–water partition coefficient (Wildman–Crippen LogP) is 2.85. The molecule has 22 heavy (non-hydrogen) atoms. The van der Waals surface area contributed by atoms with Gasteiger partial charge in [0.2, 0.25) is 0 Å². The number of rotatable bonds is 8. The standard InChI is InChI=1S/C16H19NO4S/c1-4-9-22-16(10-17,11-21-12(2)18)15(19)13-5-7-14(20-3)8-6-13/h5-8H,4,9,11H2,1-3H3. The van der Waals surface area contributed by atoms with E-state index in [0.29, 0.717) is 17.1 Å². The van der Waals surface area contributed by atoms with E-state index in [9.17, 15) is 14.9 Å². The van der Waals surface area contributed by atoms with Crippen LogP contribution in [0.4, 0.5) is 0 Å². The third kappa shape index (κ3) is 4.50. The smallest absolute Gasteiger partial charge is 0.302 e. The molecule has 1 atom stereocenters. The van der Waals surface area contributed by atoms with Gasteiger partial charge in [-0.3, -0.25) is 9.59 Å². The number of carbonyl (C=O) groups excluding carboxylic acids is 2. The molecular formula is C16H19NO4S. The summed E-state index contributed by atoms with van der Waals surface area (Å²) in [6, 6.07) is 8.56. The molecular weight excluding hydrogens is 302 g/mol. The van der Waals surface area contributed by atoms with Crippen LogP contribution in [0.15, 0.2) is 24.3 Å². The van der Waals surface area contributed by atoms with E-state index < -0.39 is 10.7 Å². The number of esters is 1. The van der Waals surface area contributed by atoms with Gasteiger partial charge in [0.15, 0.2) is 10.5 Å². The lowest BCUT2D eigenvalue weighted by molar-refractivity contribution is -0.141. The number of hydrogen-bond donors (Lipinski definition) is 0. The Labute approximate surface area is 134 Å². The van der Waals surface area contributed by atoms with Gasteiger partial charge in [-0.15, -0.1) is 11.8 Å². The highest BCUT2D eigenvalue weighted by Gasteiger charge is 2.41. The number of methoxy groups -OCH3 is 1. The van der Waals surface area contributed by atoms with Crippen molar-refractivity contribution in [3.05, 3.63) is 29.8 Å². The Hall–Kier alpha value is -2.00. The molecule has 0 aromatic heterocycles. The molecule has 1 rings (SSSR count). The Bertz CT molecular complexity index is 565. The fourth-order valence-electron chi connectivity index (χ4n) is 1.74. The zero-order chi connectivity index (χ0) is 16.6. The van der Waals surface area contributed by atoms with E-state index in [1.165, 1.54) is 25.8 Å². The van der Waals surface area contributed by atoms with Crippen molar-refractivity contribution in [3.63, 3.8) is 0 Å². The van der Waals surface area contributed by atoms with Crippen molar-refractivity contribution in [2.45, 2.75) is 25.0 Å². The first-order valence-corrected chi connectivity index (χ1v) is 7.85. The van der Waals surface area contributed by atoms with Gasteiger partial charge in [-0.05, 0) is 36.4 Å². The quantitative estimate of drug-likeness (QED) is 0.541. The molecule has 0 aliphatic rings. The molecule has 6 heteroatoms. The van der Waals surface area contributed by atoms with Crippen LogP contribution in [0.3, 0.4) is 0 Å². The summed E-state index contributed by atoms with van der Waals surface area (Å²) in [6.07, 6.45) is 0.810. The van der Waals surface area contributed by atoms with Crippen molar-refractivity contribution in [1.29, 1.82) is 5.26 Å². The molecule has 0 aliphatic heterocycles. The lowest BCUT2D eigenvalue weighted by Gasteiger charge is -2.24. The van der Waals surface area contributed by atoms with E-state index in [2.05, 4.69) is 0 Å². The maximum absolute atomic E-state index is 12.7. The number of carbonyl (C=O) groups is 2. The molecule has 0 spiro atoms. The van der Waals surface area contributed by atoms with Gasteiger partial charge >= 0.3 is 5.97 Å². The first-order chi connectivity index (χ1) is 10.5. The fraction of sp³-hybridized carbons (Fsp3) is 0.438. The molecule has 118 valence electrons. The lowest BCUT2D eigenvalue weighted by Crippen LogP contribution is -2.39. The van der Waals surface area contributed by atoms with Gasteiger partial charge in [0, 0.05) is 12.5 Å². The van der Waals surface area contributed by atoms with Gasteiger partial charge in [-0.25, -0.2) is 0 Å². The molecule has 0 amide bonds. The van der Waals surface area contributed by atoms with E-state index in [4.69, 9.17) is 9.47 Å². The molecule has 0 saturated heterocycles. The molecule has 0 bridgehead atoms. The summed E-state index contributed by atoms with van der Waals surface area (Å²) in [6.45, 7) is 2.96. The summed E-state index contributed by atoms with van der Waals surface area (Å²) in [7, 11) is 1.54. The highest BCUT2D eigenvalue weighted by molar-refractivity contribution is 8.01. The number of Topliss-reactive ketones (excluding diaryl/α,β-unsaturated/α-hetero) is 1. The minimum Gasteiger partial charge on any atom is -0.497 e. The molecule has 1 aromatic carbocycles. The Morgan fingerprint density at radius 2 is 1.95 bits per heavy atom. The Morgan fingerprint density at radius 3 is 2.41 bits per heavy atom. The van der Waals surface area contributed by atoms with Crippen LogP contribution >= 0.6 is 11.8 Å². The van der Waals surface area contributed by atoms with Crippen LogP contribution in [0, 0.1) is 11.3 Å². The molecule has 0 saturated carbocycles. The number of hydrogen-bond acceptors (Lipinski definition) is 6. The molecule has 0 N–H and O–H groups in total. The number of nitriles is 1. The zero-order valence-electron chi connectivity index (χ0n) is 12.9. The van der Waals surface area contributed by atoms with E-state index in [0.717, 1.165) is 6.42 Å². The molecule has 0 aliphatic carbocycles. The SMILES string of the molecule is CCCSC(C#N)(COC(C)=O)C(=O)c1ccc(OC)cc1. The summed E-state index contributed by atoms with van der Waals surface area (Å²) in [5, 5.41) is 9.54. The molecule has 0 radical (unpaired) electrons. The second-order valence-corrected chi connectivity index (χ2v) is 6.02. The van der Waals surface area contributed by atoms with Gasteiger partial charge in [0.05, 0.1) is 13.2 Å². The first-order valence-electron chi connectivity index (χ1n) is 6.86. The van der Waals surface area contributed by atoms with Crippen LogP contribution in [0.1, 0.15) is 30.6 Å². The summed E-state index contributed by atoms with van der Waals surface area (Å²) in [5.41, 5.74) is 0.387. The summed E-state index contributed by atoms with van der Waals surface area (Å²) in [5.74, 6) is 0.369. The zero-order valence-corrected chi connectivity index (χ0v) is 13.7. The van der Waals surface area contributed by atoms with Crippen LogP contribution < -0.4 is 4.74 Å². The van der Waals surface area contributed by atoms with Crippen LogP contribution in [0.25, 0.3) is 0 Å². The lowest BCUT2D eigenvalue weighted by atomic mass is 9.98. The number of benzene rings is 1. The van der Waals surface area contributed by atoms with Gasteiger partial charge in [-0.2, -0.15) is 5.26 Å². The molecule has 1 unspecified atom stereocenters. The van der Waals surface area contributed by atoms with E-state index in [1.807, 2.05) is 13.0 Å². The van der Waals surface area contributed by atoms with Crippen molar-refractivity contribution < 1.29 is 19.1 Å². The topological polar surface area (TPSA) is 76.4 Å². The van der Waals surface area contributed by atoms with E-state index in [1.54, 1.807) is 24.3 Å². The summed E-state index contributed by atoms with van der Waals surface area (Å²) >= 11 is 1.20. The van der Waals surface area contributed by atoms with Crippen molar-refractivity contribution >= 4 is 23.5 Å². The van der Waals surface area contributed by atoms with E-state index in [-0.39, 0.29) is 12.4 Å². The second-order valence-electron chi connectivity index (χ2n) is 4.63. The predicted molar refractivity (Wildman–Crippen MR) is 85.1 cm³/mol. The van der Waals surface area contributed by atoms with Crippen molar-refractivity contribution in [1.82, 2.24) is 0 Å². The van der Waals surface area contributed by atoms with Crippen LogP contribution in [-0.2, 0) is 9.53 Å². The van der Waals surface area contributed by atoms with Gasteiger partial charge in [0.1, 0.15) is 12.4 Å². The Balaban J connectivity index is 3.08. The first kappa shape index (κ1) is 18.1. The number of ketones is 1. The largest absolute Gasteiger partial charge is 0.497 e. The third-order valence-electron chi connectivity index (χ3n) is 2.93. The second kappa shape index (κ2) is 8.44. The van der Waals surface area contributed by atoms with Crippen LogP contribution in [-0.4, -0.2) is 36.0 Å². The van der Waals surface area contributed by atoms with Gasteiger partial charge in [0.25, 0.3) is 0 Å². The van der Waals surface area contributed by atoms with Crippen molar-refractivity contribution in [2.24, 2.45) is 0 Å². The normalized spacial score (nSPS) is 12.8. The number of ether oxygens (including phenoxy) is 2. The monoisotopic (exact) mass is 321 g/mol. The van der Waals surface area contributed by atoms with Crippen molar-refractivity contribution in [3.8, 4) is 11.8 Å². The Kier molecular flexibility index (Phi) is 6.93. The molecule has 1 aromatic rings. The molecule has 0 heterocycles. The maximum atomic E-state index is 12.7. The average Bonchev–Trinajstić information content (AvgIpc) is 2.55. The Morgan fingerprint density at radius 1 is 1.32 bits per heavy atom. The number of thioether (sulfide) groups is 1. The van der Waals surface area contributed by atoms with Crippen LogP contribution in [0.5, 0.6) is 5.75 Å². The third-order valence-corrected chi connectivity index (χ3v) is 4.43. The minimum absolute atomic E-state index is 0.256. The van der Waals surface area contributed by atoms with Crippen molar-refractivity contribution in [2.75, 3.05) is 19.5 Å². The maximum Gasteiger partial charge on any atom is 0.302 e. The fourth-order valence-corrected chi connectivity index (χ4v) is 2.75. The van der Waals surface area contributed by atoms with Gasteiger partial charge < -0.3 is 9.47 Å².